The summed E-state index contributed by atoms with van der Waals surface area (Å²) in [5.41, 5.74) is -1.41. The van der Waals surface area contributed by atoms with Gasteiger partial charge in [0.1, 0.15) is 0 Å². The Hall–Kier alpha value is -1.92. The second-order valence-electron chi connectivity index (χ2n) is 6.48. The van der Waals surface area contributed by atoms with Crippen LogP contribution < -0.4 is 0 Å². The molecule has 24 heavy (non-hydrogen) atoms. The summed E-state index contributed by atoms with van der Waals surface area (Å²) >= 11 is 0. The lowest BCUT2D eigenvalue weighted by Crippen LogP contribution is -2.42. The maximum absolute atomic E-state index is 11.7. The zero-order valence-corrected chi connectivity index (χ0v) is 14.4. The largest absolute Gasteiger partial charge is 0.481 e. The summed E-state index contributed by atoms with van der Waals surface area (Å²) in [6, 6.07) is 9.75. The molecule has 1 aromatic rings. The lowest BCUT2D eigenvalue weighted by molar-refractivity contribution is -0.169. The first-order valence-corrected chi connectivity index (χ1v) is 7.89. The highest BCUT2D eigenvalue weighted by molar-refractivity contribution is 5.84. The van der Waals surface area contributed by atoms with Crippen molar-refractivity contribution in [1.29, 1.82) is 0 Å². The Labute approximate surface area is 142 Å². The number of carbonyl (C=O) groups excluding carboxylic acids is 1. The van der Waals surface area contributed by atoms with Gasteiger partial charge < -0.3 is 19.7 Å². The van der Waals surface area contributed by atoms with Gasteiger partial charge in [-0.3, -0.25) is 4.79 Å². The zero-order valence-electron chi connectivity index (χ0n) is 14.4. The van der Waals surface area contributed by atoms with E-state index in [2.05, 4.69) is 4.74 Å². The molecular weight excluding hydrogens is 312 g/mol. The first kappa shape index (κ1) is 20.1. The van der Waals surface area contributed by atoms with Crippen LogP contribution in [0.2, 0.25) is 0 Å². The van der Waals surface area contributed by atoms with Crippen molar-refractivity contribution >= 4 is 11.9 Å². The molecular formula is C18H26O6. The van der Waals surface area contributed by atoms with E-state index in [0.717, 1.165) is 12.7 Å². The molecule has 0 aliphatic carbocycles. The highest BCUT2D eigenvalue weighted by Crippen LogP contribution is 2.26. The fraction of sp³-hybridized carbons (Fsp3) is 0.556. The van der Waals surface area contributed by atoms with Crippen molar-refractivity contribution in [3.63, 3.8) is 0 Å². The van der Waals surface area contributed by atoms with Gasteiger partial charge in [0.15, 0.2) is 5.60 Å². The van der Waals surface area contributed by atoms with E-state index in [-0.39, 0.29) is 6.42 Å². The number of benzene rings is 1. The quantitative estimate of drug-likeness (QED) is 0.637. The molecule has 1 aromatic carbocycles. The summed E-state index contributed by atoms with van der Waals surface area (Å²) in [5.74, 6) is -2.17. The lowest BCUT2D eigenvalue weighted by Gasteiger charge is -2.28. The van der Waals surface area contributed by atoms with Crippen LogP contribution in [0.15, 0.2) is 30.3 Å². The van der Waals surface area contributed by atoms with Gasteiger partial charge in [-0.05, 0) is 38.7 Å². The minimum atomic E-state index is -2.00. The normalized spacial score (nSPS) is 14.0. The summed E-state index contributed by atoms with van der Waals surface area (Å²) in [6.07, 6.45) is 0.328. The zero-order chi connectivity index (χ0) is 18.2. The maximum Gasteiger partial charge on any atom is 0.338 e. The van der Waals surface area contributed by atoms with E-state index in [1.807, 2.05) is 44.2 Å². The smallest absolute Gasteiger partial charge is 0.338 e. The second kappa shape index (κ2) is 8.80. The van der Waals surface area contributed by atoms with Gasteiger partial charge in [0.25, 0.3) is 0 Å². The summed E-state index contributed by atoms with van der Waals surface area (Å²) in [7, 11) is 1.13. The van der Waals surface area contributed by atoms with E-state index in [4.69, 9.17) is 9.84 Å². The Morgan fingerprint density at radius 3 is 2.29 bits per heavy atom. The molecule has 1 unspecified atom stereocenters. The van der Waals surface area contributed by atoms with Crippen molar-refractivity contribution in [3.8, 4) is 0 Å². The van der Waals surface area contributed by atoms with Gasteiger partial charge in [-0.2, -0.15) is 0 Å². The monoisotopic (exact) mass is 338 g/mol. The average molecular weight is 338 g/mol. The average Bonchev–Trinajstić information content (AvgIpc) is 2.52. The molecule has 0 bridgehead atoms. The molecule has 0 aliphatic rings. The van der Waals surface area contributed by atoms with Crippen LogP contribution in [-0.2, 0) is 25.7 Å². The van der Waals surface area contributed by atoms with Crippen LogP contribution in [0.1, 0.15) is 45.1 Å². The van der Waals surface area contributed by atoms with Crippen LogP contribution in [0.4, 0.5) is 0 Å². The van der Waals surface area contributed by atoms with Gasteiger partial charge in [-0.1, -0.05) is 30.3 Å². The number of methoxy groups -OCH3 is 1. The Morgan fingerprint density at radius 1 is 1.12 bits per heavy atom. The summed E-state index contributed by atoms with van der Waals surface area (Å²) in [6.45, 7) is 4.30. The van der Waals surface area contributed by atoms with Crippen LogP contribution in [0, 0.1) is 0 Å². The maximum atomic E-state index is 11.7. The molecule has 0 fully saturated rings. The SMILES string of the molecule is COC(=O)C(O)(CCCC(C)(C)OCc1ccccc1)CC(=O)O. The van der Waals surface area contributed by atoms with Gasteiger partial charge in [0.05, 0.1) is 25.7 Å². The molecule has 1 rings (SSSR count). The van der Waals surface area contributed by atoms with E-state index in [1.165, 1.54) is 0 Å². The molecule has 0 spiro atoms. The fourth-order valence-corrected chi connectivity index (χ4v) is 2.43. The number of carboxylic acids is 1. The predicted molar refractivity (Wildman–Crippen MR) is 88.4 cm³/mol. The molecule has 1 atom stereocenters. The first-order valence-electron chi connectivity index (χ1n) is 7.89. The number of rotatable bonds is 10. The Bertz CT molecular complexity index is 540. The minimum Gasteiger partial charge on any atom is -0.481 e. The minimum absolute atomic E-state index is 0.00407. The molecule has 0 heterocycles. The molecule has 6 nitrogen and oxygen atoms in total. The van der Waals surface area contributed by atoms with Crippen molar-refractivity contribution in [2.75, 3.05) is 7.11 Å². The first-order chi connectivity index (χ1) is 11.2. The number of hydrogen-bond acceptors (Lipinski definition) is 5. The highest BCUT2D eigenvalue weighted by atomic mass is 16.5. The number of carbonyl (C=O) groups is 2. The third-order valence-electron chi connectivity index (χ3n) is 3.85. The molecule has 0 radical (unpaired) electrons. The van der Waals surface area contributed by atoms with Crippen LogP contribution in [0.5, 0.6) is 0 Å². The van der Waals surface area contributed by atoms with Gasteiger partial charge in [-0.15, -0.1) is 0 Å². The molecule has 134 valence electrons. The second-order valence-corrected chi connectivity index (χ2v) is 6.48. The van der Waals surface area contributed by atoms with Crippen molar-refractivity contribution in [2.24, 2.45) is 0 Å². The Kier molecular flexibility index (Phi) is 7.38. The third-order valence-corrected chi connectivity index (χ3v) is 3.85. The Morgan fingerprint density at radius 2 is 1.75 bits per heavy atom. The number of aliphatic carboxylic acids is 1. The standard InChI is InChI=1S/C18H26O6/c1-17(2,24-13-14-8-5-4-6-9-14)10-7-11-18(22,12-15(19)20)16(21)23-3/h4-6,8-9,22H,7,10-13H2,1-3H3,(H,19,20). The van der Waals surface area contributed by atoms with Gasteiger partial charge in [-0.25, -0.2) is 4.79 Å². The number of esters is 1. The molecule has 0 aliphatic heterocycles. The molecule has 0 saturated heterocycles. The van der Waals surface area contributed by atoms with Crippen molar-refractivity contribution in [3.05, 3.63) is 35.9 Å². The Balaban J connectivity index is 2.52. The lowest BCUT2D eigenvalue weighted by atomic mass is 9.90. The molecule has 0 saturated carbocycles. The van der Waals surface area contributed by atoms with E-state index < -0.39 is 29.6 Å². The van der Waals surface area contributed by atoms with Crippen molar-refractivity contribution in [1.82, 2.24) is 0 Å². The molecule has 0 amide bonds. The fourth-order valence-electron chi connectivity index (χ4n) is 2.43. The molecule has 6 heteroatoms. The van der Waals surface area contributed by atoms with Crippen LogP contribution in [-0.4, -0.2) is 40.5 Å². The topological polar surface area (TPSA) is 93.1 Å². The van der Waals surface area contributed by atoms with Gasteiger partial charge in [0, 0.05) is 0 Å². The van der Waals surface area contributed by atoms with E-state index in [9.17, 15) is 14.7 Å². The highest BCUT2D eigenvalue weighted by Gasteiger charge is 2.39. The van der Waals surface area contributed by atoms with E-state index in [1.54, 1.807) is 0 Å². The number of aliphatic hydroxyl groups is 1. The summed E-state index contributed by atoms with van der Waals surface area (Å²) in [4.78, 5) is 22.5. The number of carboxylic acid groups (broad SMARTS) is 1. The van der Waals surface area contributed by atoms with Crippen molar-refractivity contribution < 1.29 is 29.3 Å². The van der Waals surface area contributed by atoms with Crippen LogP contribution in [0.3, 0.4) is 0 Å². The summed E-state index contributed by atoms with van der Waals surface area (Å²) in [5, 5.41) is 19.1. The summed E-state index contributed by atoms with van der Waals surface area (Å²) < 4.78 is 10.4. The molecule has 2 N–H and O–H groups in total. The van der Waals surface area contributed by atoms with E-state index in [0.29, 0.717) is 19.4 Å². The van der Waals surface area contributed by atoms with Crippen LogP contribution in [0.25, 0.3) is 0 Å². The van der Waals surface area contributed by atoms with Crippen LogP contribution >= 0.6 is 0 Å². The van der Waals surface area contributed by atoms with Crippen molar-refractivity contribution in [2.45, 2.75) is 57.3 Å². The number of ether oxygens (including phenoxy) is 2. The molecule has 0 aromatic heterocycles. The van der Waals surface area contributed by atoms with Gasteiger partial charge >= 0.3 is 11.9 Å². The van der Waals surface area contributed by atoms with Gasteiger partial charge in [0.2, 0.25) is 0 Å². The number of hydrogen-bond donors (Lipinski definition) is 2. The van der Waals surface area contributed by atoms with E-state index >= 15 is 0 Å². The predicted octanol–water partition coefficient (Wildman–Crippen LogP) is 2.53. The third kappa shape index (κ3) is 6.68.